The molecule has 3 rings (SSSR count). The molecule has 0 atom stereocenters. The fourth-order valence-corrected chi connectivity index (χ4v) is 3.55. The van der Waals surface area contributed by atoms with E-state index in [0.717, 1.165) is 0 Å². The first-order chi connectivity index (χ1) is 14.8. The summed E-state index contributed by atoms with van der Waals surface area (Å²) in [6, 6.07) is 9.74. The van der Waals surface area contributed by atoms with Crippen molar-refractivity contribution in [3.63, 3.8) is 0 Å². The maximum atomic E-state index is 13.3. The van der Waals surface area contributed by atoms with Gasteiger partial charge in [-0.3, -0.25) is 14.5 Å². The van der Waals surface area contributed by atoms with Gasteiger partial charge in [0.05, 0.1) is 32.0 Å². The number of hydrogen-bond acceptors (Lipinski definition) is 7. The van der Waals surface area contributed by atoms with Crippen molar-refractivity contribution in [2.24, 2.45) is 0 Å². The number of ether oxygens (including phenoxy) is 3. The van der Waals surface area contributed by atoms with E-state index in [4.69, 9.17) is 38.0 Å². The van der Waals surface area contributed by atoms with Crippen LogP contribution in [0.3, 0.4) is 0 Å². The average molecular weight is 463 g/mol. The normalized spacial score (nSPS) is 14.9. The fourth-order valence-electron chi connectivity index (χ4n) is 2.98. The van der Waals surface area contributed by atoms with Crippen LogP contribution in [0.1, 0.15) is 5.56 Å². The van der Waals surface area contributed by atoms with Gasteiger partial charge in [0.1, 0.15) is 18.0 Å². The summed E-state index contributed by atoms with van der Waals surface area (Å²) >= 11 is 11.6. The van der Waals surface area contributed by atoms with Crippen molar-refractivity contribution < 1.29 is 28.9 Å². The number of esters is 1. The summed E-state index contributed by atoms with van der Waals surface area (Å²) in [5.41, 5.74) is 1.11. The van der Waals surface area contributed by atoms with Gasteiger partial charge in [0, 0.05) is 0 Å². The summed E-state index contributed by atoms with van der Waals surface area (Å²) < 4.78 is 15.0. The van der Waals surface area contributed by atoms with Crippen LogP contribution in [0.15, 0.2) is 42.1 Å². The predicted octanol–water partition coefficient (Wildman–Crippen LogP) is 3.21. The Morgan fingerprint density at radius 2 is 1.84 bits per heavy atom. The zero-order chi connectivity index (χ0) is 22.7. The molecule has 1 aliphatic heterocycles. The summed E-state index contributed by atoms with van der Waals surface area (Å²) in [4.78, 5) is 28.0. The minimum atomic E-state index is -0.570. The van der Waals surface area contributed by atoms with Crippen LogP contribution >= 0.6 is 23.8 Å². The Morgan fingerprint density at radius 1 is 1.16 bits per heavy atom. The molecule has 0 saturated carbocycles. The monoisotopic (exact) mass is 462 g/mol. The van der Waals surface area contributed by atoms with Crippen molar-refractivity contribution in [3.05, 3.63) is 52.7 Å². The van der Waals surface area contributed by atoms with Crippen LogP contribution in [-0.2, 0) is 14.3 Å². The lowest BCUT2D eigenvalue weighted by Gasteiger charge is -2.19. The Bertz CT molecular complexity index is 1070. The molecule has 0 unspecified atom stereocenters. The third-order valence-electron chi connectivity index (χ3n) is 4.55. The highest BCUT2D eigenvalue weighted by atomic mass is 35.5. The third-order valence-corrected chi connectivity index (χ3v) is 5.25. The van der Waals surface area contributed by atoms with Crippen molar-refractivity contribution in [2.45, 2.75) is 0 Å². The lowest BCUT2D eigenvalue weighted by Crippen LogP contribution is -2.35. The van der Waals surface area contributed by atoms with Crippen molar-refractivity contribution in [2.75, 3.05) is 32.8 Å². The molecule has 0 radical (unpaired) electrons. The molecule has 0 bridgehead atoms. The number of aromatic hydroxyl groups is 1. The molecule has 1 saturated heterocycles. The standard InChI is InChI=1S/C21H19ClN2O6S/c1-28-14-6-4-13(5-7-14)24-20(27)16(23(21(24)31)11-18(25)30-3)9-12-8-15(22)19(26)17(10-12)29-2/h4-10,26H,11H2,1-3H3/b16-9-. The maximum absolute atomic E-state index is 13.3. The van der Waals surface area contributed by atoms with Gasteiger partial charge in [-0.2, -0.15) is 0 Å². The number of carbonyl (C=O) groups is 2. The largest absolute Gasteiger partial charge is 0.503 e. The van der Waals surface area contributed by atoms with Gasteiger partial charge in [-0.25, -0.2) is 0 Å². The zero-order valence-electron chi connectivity index (χ0n) is 16.9. The van der Waals surface area contributed by atoms with Gasteiger partial charge in [-0.05, 0) is 60.3 Å². The summed E-state index contributed by atoms with van der Waals surface area (Å²) in [5, 5.41) is 10.1. The molecule has 0 aliphatic carbocycles. The Kier molecular flexibility index (Phi) is 6.67. The van der Waals surface area contributed by atoms with E-state index in [1.165, 1.54) is 49.3 Å². The predicted molar refractivity (Wildman–Crippen MR) is 119 cm³/mol. The number of phenolic OH excluding ortho intramolecular Hbond substituents is 1. The van der Waals surface area contributed by atoms with Gasteiger partial charge in [-0.15, -0.1) is 0 Å². The molecule has 10 heteroatoms. The molecule has 2 aromatic rings. The van der Waals surface area contributed by atoms with E-state index in [-0.39, 0.29) is 33.9 Å². The molecule has 8 nitrogen and oxygen atoms in total. The average Bonchev–Trinajstić information content (AvgIpc) is 2.99. The van der Waals surface area contributed by atoms with E-state index in [0.29, 0.717) is 17.0 Å². The Morgan fingerprint density at radius 3 is 2.42 bits per heavy atom. The molecule has 1 N–H and O–H groups in total. The Hall–Kier alpha value is -3.30. The van der Waals surface area contributed by atoms with Crippen molar-refractivity contribution in [3.8, 4) is 17.2 Å². The van der Waals surface area contributed by atoms with E-state index >= 15 is 0 Å². The number of nitrogens with zero attached hydrogens (tertiary/aromatic N) is 2. The number of rotatable bonds is 6. The van der Waals surface area contributed by atoms with Gasteiger partial charge in [-0.1, -0.05) is 11.6 Å². The molecule has 2 aromatic carbocycles. The number of phenols is 1. The number of anilines is 1. The van der Waals surface area contributed by atoms with Crippen molar-refractivity contribution in [1.29, 1.82) is 0 Å². The van der Waals surface area contributed by atoms with E-state index in [2.05, 4.69) is 0 Å². The van der Waals surface area contributed by atoms with Gasteiger partial charge in [0.15, 0.2) is 16.6 Å². The number of amides is 1. The van der Waals surface area contributed by atoms with Crippen molar-refractivity contribution >= 4 is 52.6 Å². The maximum Gasteiger partial charge on any atom is 0.325 e. The fraction of sp³-hybridized carbons (Fsp3) is 0.190. The SMILES string of the molecule is COC(=O)CN1C(=S)N(c2ccc(OC)cc2)C(=O)/C1=C/c1cc(Cl)c(O)c(OC)c1. The minimum Gasteiger partial charge on any atom is -0.503 e. The quantitative estimate of drug-likeness (QED) is 0.398. The molecule has 31 heavy (non-hydrogen) atoms. The number of hydrogen-bond donors (Lipinski definition) is 1. The molecule has 0 spiro atoms. The van der Waals surface area contributed by atoms with Gasteiger partial charge in [0.2, 0.25) is 0 Å². The Labute approximate surface area is 189 Å². The number of carbonyl (C=O) groups excluding carboxylic acids is 2. The summed E-state index contributed by atoms with van der Waals surface area (Å²) in [6.45, 7) is -0.261. The summed E-state index contributed by atoms with van der Waals surface area (Å²) in [7, 11) is 4.17. The van der Waals surface area contributed by atoms with Crippen LogP contribution in [0.2, 0.25) is 5.02 Å². The highest BCUT2D eigenvalue weighted by Gasteiger charge is 2.40. The van der Waals surface area contributed by atoms with Gasteiger partial charge >= 0.3 is 5.97 Å². The first kappa shape index (κ1) is 22.4. The molecule has 0 aromatic heterocycles. The molecule has 1 fully saturated rings. The van der Waals surface area contributed by atoms with Crippen LogP contribution in [0, 0.1) is 0 Å². The molecular formula is C21H19ClN2O6S. The Balaban J connectivity index is 2.08. The van der Waals surface area contributed by atoms with Crippen LogP contribution in [-0.4, -0.2) is 54.9 Å². The highest BCUT2D eigenvalue weighted by Crippen LogP contribution is 2.37. The third kappa shape index (κ3) is 4.42. The second kappa shape index (κ2) is 9.23. The number of thiocarbonyl (C=S) groups is 1. The lowest BCUT2D eigenvalue weighted by atomic mass is 10.1. The van der Waals surface area contributed by atoms with Gasteiger partial charge in [0.25, 0.3) is 5.91 Å². The van der Waals surface area contributed by atoms with Gasteiger partial charge < -0.3 is 24.2 Å². The molecule has 1 amide bonds. The summed E-state index contributed by atoms with van der Waals surface area (Å²) in [5.74, 6) is -0.472. The van der Waals surface area contributed by atoms with E-state index < -0.39 is 11.9 Å². The van der Waals surface area contributed by atoms with Crippen LogP contribution < -0.4 is 14.4 Å². The number of benzene rings is 2. The van der Waals surface area contributed by atoms with E-state index in [9.17, 15) is 14.7 Å². The van der Waals surface area contributed by atoms with E-state index in [1.807, 2.05) is 0 Å². The first-order valence-corrected chi connectivity index (χ1v) is 9.74. The second-order valence-electron chi connectivity index (χ2n) is 6.37. The molecule has 1 heterocycles. The topological polar surface area (TPSA) is 88.5 Å². The minimum absolute atomic E-state index is 0.0470. The van der Waals surface area contributed by atoms with Crippen LogP contribution in [0.25, 0.3) is 6.08 Å². The zero-order valence-corrected chi connectivity index (χ0v) is 18.5. The molecule has 162 valence electrons. The van der Waals surface area contributed by atoms with Crippen molar-refractivity contribution in [1.82, 2.24) is 4.90 Å². The first-order valence-electron chi connectivity index (χ1n) is 8.95. The molecular weight excluding hydrogens is 444 g/mol. The van der Waals surface area contributed by atoms with Crippen LogP contribution in [0.4, 0.5) is 5.69 Å². The van der Waals surface area contributed by atoms with Crippen LogP contribution in [0.5, 0.6) is 17.2 Å². The summed E-state index contributed by atoms with van der Waals surface area (Å²) in [6.07, 6.45) is 1.51. The smallest absolute Gasteiger partial charge is 0.325 e. The highest BCUT2D eigenvalue weighted by molar-refractivity contribution is 7.80. The second-order valence-corrected chi connectivity index (χ2v) is 7.14. The number of halogens is 1. The number of methoxy groups -OCH3 is 3. The lowest BCUT2D eigenvalue weighted by molar-refractivity contribution is -0.140. The van der Waals surface area contributed by atoms with E-state index in [1.54, 1.807) is 24.3 Å². The molecule has 1 aliphatic rings.